The number of halogens is 1. The predicted molar refractivity (Wildman–Crippen MR) is 120 cm³/mol. The zero-order valence-electron chi connectivity index (χ0n) is 15.3. The van der Waals surface area contributed by atoms with Gasteiger partial charge in [-0.15, -0.1) is 35.3 Å². The van der Waals surface area contributed by atoms with Crippen molar-refractivity contribution in [2.75, 3.05) is 26.2 Å². The molecule has 2 heterocycles. The second kappa shape index (κ2) is 12.0. The number of hydrogen-bond donors (Lipinski definition) is 3. The molecule has 3 rings (SSSR count). The number of nitrogens with zero attached hydrogens (tertiary/aromatic N) is 1. The number of guanidine groups is 1. The second-order valence-electron chi connectivity index (χ2n) is 6.31. The van der Waals surface area contributed by atoms with Gasteiger partial charge in [0.2, 0.25) is 5.91 Å². The summed E-state index contributed by atoms with van der Waals surface area (Å²) in [6.45, 7) is 2.74. The van der Waals surface area contributed by atoms with Crippen LogP contribution in [0.5, 0.6) is 0 Å². The van der Waals surface area contributed by atoms with E-state index in [1.807, 2.05) is 12.1 Å². The Hall–Kier alpha value is -1.55. The van der Waals surface area contributed by atoms with Gasteiger partial charge in [0, 0.05) is 49.8 Å². The van der Waals surface area contributed by atoms with Gasteiger partial charge in [-0.3, -0.25) is 9.79 Å². The Labute approximate surface area is 181 Å². The van der Waals surface area contributed by atoms with Crippen LogP contribution >= 0.6 is 35.3 Å². The zero-order valence-corrected chi connectivity index (χ0v) is 18.4. The first-order chi connectivity index (χ1) is 12.8. The van der Waals surface area contributed by atoms with Crippen LogP contribution in [-0.4, -0.2) is 38.0 Å². The third kappa shape index (κ3) is 8.34. The average Bonchev–Trinajstić information content (AvgIpc) is 3.13. The van der Waals surface area contributed by atoms with Crippen LogP contribution in [0.15, 0.2) is 45.3 Å². The lowest BCUT2D eigenvalue weighted by atomic mass is 10.3. The maximum Gasteiger partial charge on any atom is 0.223 e. The van der Waals surface area contributed by atoms with E-state index >= 15 is 0 Å². The molecule has 0 saturated heterocycles. The van der Waals surface area contributed by atoms with Gasteiger partial charge < -0.3 is 20.4 Å². The largest absolute Gasteiger partial charge is 0.469 e. The summed E-state index contributed by atoms with van der Waals surface area (Å²) in [5.41, 5.74) is 0. The van der Waals surface area contributed by atoms with Gasteiger partial charge in [-0.05, 0) is 36.4 Å². The molecule has 2 aromatic heterocycles. The Morgan fingerprint density at radius 3 is 2.63 bits per heavy atom. The highest BCUT2D eigenvalue weighted by molar-refractivity contribution is 14.0. The third-order valence-corrected chi connectivity index (χ3v) is 5.05. The van der Waals surface area contributed by atoms with E-state index in [1.54, 1.807) is 17.6 Å². The summed E-state index contributed by atoms with van der Waals surface area (Å²) in [6.07, 6.45) is 5.48. The highest BCUT2D eigenvalue weighted by atomic mass is 127. The van der Waals surface area contributed by atoms with Crippen LogP contribution in [0.25, 0.3) is 0 Å². The molecule has 6 nitrogen and oxygen atoms in total. The lowest BCUT2D eigenvalue weighted by molar-refractivity contribution is -0.122. The molecule has 1 amide bonds. The Kier molecular flexibility index (Phi) is 9.68. The topological polar surface area (TPSA) is 78.7 Å². The van der Waals surface area contributed by atoms with E-state index < -0.39 is 0 Å². The first-order valence-corrected chi connectivity index (χ1v) is 10.0. The fourth-order valence-corrected chi connectivity index (χ4v) is 3.22. The predicted octanol–water partition coefficient (Wildman–Crippen LogP) is 2.81. The van der Waals surface area contributed by atoms with Crippen LogP contribution in [0.1, 0.15) is 23.5 Å². The van der Waals surface area contributed by atoms with Crippen molar-refractivity contribution in [3.05, 3.63) is 46.5 Å². The highest BCUT2D eigenvalue weighted by Gasteiger charge is 2.28. The number of aliphatic imine (C=N–C) groups is 1. The third-order valence-electron chi connectivity index (χ3n) is 4.12. The summed E-state index contributed by atoms with van der Waals surface area (Å²) in [7, 11) is 0. The maximum atomic E-state index is 11.7. The number of thiophene rings is 1. The summed E-state index contributed by atoms with van der Waals surface area (Å²) in [6, 6.07) is 8.06. The van der Waals surface area contributed by atoms with Crippen molar-refractivity contribution in [2.45, 2.75) is 25.7 Å². The van der Waals surface area contributed by atoms with Crippen LogP contribution in [0.2, 0.25) is 0 Å². The van der Waals surface area contributed by atoms with Gasteiger partial charge in [-0.2, -0.15) is 0 Å². The second-order valence-corrected chi connectivity index (χ2v) is 7.34. The van der Waals surface area contributed by atoms with E-state index in [4.69, 9.17) is 4.42 Å². The van der Waals surface area contributed by atoms with Crippen molar-refractivity contribution in [2.24, 2.45) is 10.9 Å². The smallest absolute Gasteiger partial charge is 0.223 e. The number of carbonyl (C=O) groups is 1. The van der Waals surface area contributed by atoms with Crippen molar-refractivity contribution in [1.29, 1.82) is 0 Å². The number of nitrogens with one attached hydrogen (secondary N) is 3. The minimum Gasteiger partial charge on any atom is -0.469 e. The molecular weight excluding hydrogens is 475 g/mol. The monoisotopic (exact) mass is 502 g/mol. The molecule has 3 N–H and O–H groups in total. The van der Waals surface area contributed by atoms with Crippen LogP contribution in [0.3, 0.4) is 0 Å². The number of hydrogen-bond acceptors (Lipinski definition) is 4. The van der Waals surface area contributed by atoms with Crippen LogP contribution in [0, 0.1) is 5.92 Å². The molecule has 1 fully saturated rings. The Morgan fingerprint density at radius 2 is 1.93 bits per heavy atom. The Bertz CT molecular complexity index is 685. The first-order valence-electron chi connectivity index (χ1n) is 9.16. The van der Waals surface area contributed by atoms with Crippen LogP contribution < -0.4 is 16.0 Å². The van der Waals surface area contributed by atoms with E-state index in [0.29, 0.717) is 13.1 Å². The molecule has 1 aliphatic rings. The molecule has 0 unspecified atom stereocenters. The van der Waals surface area contributed by atoms with Gasteiger partial charge in [-0.1, -0.05) is 6.07 Å². The van der Waals surface area contributed by atoms with Gasteiger partial charge in [0.25, 0.3) is 0 Å². The number of carbonyl (C=O) groups excluding carboxylic acids is 1. The quantitative estimate of drug-likeness (QED) is 0.202. The summed E-state index contributed by atoms with van der Waals surface area (Å²) < 4.78 is 5.35. The normalized spacial score (nSPS) is 13.7. The SMILES string of the molecule is I.O=C(NCCNC(=NCCc1cccs1)NCCc1ccco1)C1CC1. The van der Waals surface area contributed by atoms with Crippen molar-refractivity contribution in [3.8, 4) is 0 Å². The first kappa shape index (κ1) is 21.7. The lowest BCUT2D eigenvalue weighted by Gasteiger charge is -2.12. The maximum absolute atomic E-state index is 11.7. The Balaban J connectivity index is 0.00000261. The molecule has 0 spiro atoms. The molecule has 0 aliphatic heterocycles. The molecule has 8 heteroatoms. The molecule has 1 saturated carbocycles. The lowest BCUT2D eigenvalue weighted by Crippen LogP contribution is -2.42. The highest BCUT2D eigenvalue weighted by Crippen LogP contribution is 2.28. The average molecular weight is 502 g/mol. The van der Waals surface area contributed by atoms with E-state index in [0.717, 1.165) is 50.5 Å². The van der Waals surface area contributed by atoms with E-state index in [2.05, 4.69) is 38.5 Å². The summed E-state index contributed by atoms with van der Waals surface area (Å²) in [5, 5.41) is 11.7. The molecule has 1 aliphatic carbocycles. The van der Waals surface area contributed by atoms with Gasteiger partial charge >= 0.3 is 0 Å². The van der Waals surface area contributed by atoms with Gasteiger partial charge in [0.1, 0.15) is 5.76 Å². The van der Waals surface area contributed by atoms with Gasteiger partial charge in [-0.25, -0.2) is 0 Å². The molecular formula is C19H27IN4O2S. The summed E-state index contributed by atoms with van der Waals surface area (Å²) >= 11 is 1.75. The van der Waals surface area contributed by atoms with Crippen LogP contribution in [0.4, 0.5) is 0 Å². The molecule has 0 atom stereocenters. The van der Waals surface area contributed by atoms with Crippen molar-refractivity contribution in [3.63, 3.8) is 0 Å². The summed E-state index contributed by atoms with van der Waals surface area (Å²) in [5.74, 6) is 2.15. The molecule has 2 aromatic rings. The van der Waals surface area contributed by atoms with Crippen molar-refractivity contribution >= 4 is 47.2 Å². The molecule has 0 bridgehead atoms. The molecule has 0 radical (unpaired) electrons. The minimum absolute atomic E-state index is 0. The van der Waals surface area contributed by atoms with E-state index in [-0.39, 0.29) is 35.8 Å². The van der Waals surface area contributed by atoms with E-state index in [9.17, 15) is 4.79 Å². The summed E-state index contributed by atoms with van der Waals surface area (Å²) in [4.78, 5) is 17.6. The number of rotatable bonds is 10. The Morgan fingerprint density at radius 1 is 1.11 bits per heavy atom. The number of furan rings is 1. The minimum atomic E-state index is 0. The van der Waals surface area contributed by atoms with Crippen LogP contribution in [-0.2, 0) is 17.6 Å². The van der Waals surface area contributed by atoms with Crippen molar-refractivity contribution in [1.82, 2.24) is 16.0 Å². The fourth-order valence-electron chi connectivity index (χ4n) is 2.52. The van der Waals surface area contributed by atoms with Gasteiger partial charge in [0.15, 0.2) is 5.96 Å². The zero-order chi connectivity index (χ0) is 18.0. The number of amides is 1. The molecule has 0 aromatic carbocycles. The van der Waals surface area contributed by atoms with E-state index in [1.165, 1.54) is 4.88 Å². The molecule has 27 heavy (non-hydrogen) atoms. The van der Waals surface area contributed by atoms with Crippen molar-refractivity contribution < 1.29 is 9.21 Å². The molecule has 148 valence electrons. The van der Waals surface area contributed by atoms with Gasteiger partial charge in [0.05, 0.1) is 6.26 Å². The standard InChI is InChI=1S/C19H26N4O2S.HI/c24-18(15-5-6-15)20-11-12-23-19(21-9-7-16-3-1-13-25-16)22-10-8-17-4-2-14-26-17;/h1-4,13-15H,5-12H2,(H,20,24)(H2,21,22,23);1H. The fraction of sp³-hybridized carbons (Fsp3) is 0.474.